The van der Waals surface area contributed by atoms with Crippen molar-refractivity contribution in [1.82, 2.24) is 9.13 Å². The number of amidine groups is 1. The molecule has 1 aromatic heterocycles. The predicted molar refractivity (Wildman–Crippen MR) is 154 cm³/mol. The third-order valence-electron chi connectivity index (χ3n) is 8.70. The molecule has 3 heterocycles. The summed E-state index contributed by atoms with van der Waals surface area (Å²) < 4.78 is 56.7. The largest absolute Gasteiger partial charge is 0.414 e. The Hall–Kier alpha value is -1.63. The molecule has 0 bridgehead atoms. The summed E-state index contributed by atoms with van der Waals surface area (Å²) in [6, 6.07) is 0. The van der Waals surface area contributed by atoms with Crippen molar-refractivity contribution in [3.8, 4) is 0 Å². The summed E-state index contributed by atoms with van der Waals surface area (Å²) in [5, 5.41) is -0.453. The van der Waals surface area contributed by atoms with E-state index in [0.717, 1.165) is 4.57 Å². The maximum atomic E-state index is 13.4. The van der Waals surface area contributed by atoms with Crippen LogP contribution >= 0.6 is 0 Å². The van der Waals surface area contributed by atoms with E-state index in [1.165, 1.54) is 17.8 Å². The Kier molecular flexibility index (Phi) is 7.96. The monoisotopic (exact) mass is 604 g/mol. The molecular formula is C24H44N4O8SSi2. The van der Waals surface area contributed by atoms with Crippen molar-refractivity contribution in [3.05, 3.63) is 32.6 Å². The fourth-order valence-electron chi connectivity index (χ4n) is 4.12. The summed E-state index contributed by atoms with van der Waals surface area (Å²) >= 11 is 0. The van der Waals surface area contributed by atoms with E-state index < -0.39 is 62.2 Å². The van der Waals surface area contributed by atoms with E-state index in [-0.39, 0.29) is 22.5 Å². The summed E-state index contributed by atoms with van der Waals surface area (Å²) in [6.45, 7) is 21.9. The minimum Gasteiger partial charge on any atom is -0.414 e. The number of ether oxygens (including phenoxy) is 1. The van der Waals surface area contributed by atoms with Gasteiger partial charge in [0.1, 0.15) is 12.2 Å². The number of rotatable bonds is 6. The number of aromatic nitrogens is 2. The molecule has 2 aliphatic heterocycles. The highest BCUT2D eigenvalue weighted by atomic mass is 32.2. The first-order chi connectivity index (χ1) is 17.4. The van der Waals surface area contributed by atoms with Crippen molar-refractivity contribution in [1.29, 1.82) is 0 Å². The van der Waals surface area contributed by atoms with E-state index >= 15 is 0 Å². The third-order valence-corrected chi connectivity index (χ3v) is 18.6. The highest BCUT2D eigenvalue weighted by Gasteiger charge is 2.68. The van der Waals surface area contributed by atoms with Crippen molar-refractivity contribution in [2.75, 3.05) is 6.61 Å². The first kappa shape index (κ1) is 31.9. The molecule has 0 saturated carbocycles. The van der Waals surface area contributed by atoms with Crippen LogP contribution in [0.2, 0.25) is 36.3 Å². The molecule has 39 heavy (non-hydrogen) atoms. The Bertz CT molecular complexity index is 1390. The standard InChI is InChI=1S/C24H44N4O8SSi2/c1-15-13-28(21(30)27(8)18(15)29)19-17(35-39(11,12)23(5,6)7)24(20(25)26-37(31,32)36-24)16(34-19)14-33-38(9,10)22(2,3)4/h13,16-17,19H,14H2,1-12H3,(H2,25,26)/t16?,17-,19+,24?/m0/s1. The average Bonchev–Trinajstić information content (AvgIpc) is 3.18. The molecule has 0 amide bonds. The number of hydrogen-bond donors (Lipinski definition) is 1. The quantitative estimate of drug-likeness (QED) is 0.483. The molecule has 1 saturated heterocycles. The van der Waals surface area contributed by atoms with Gasteiger partial charge in [0.25, 0.3) is 5.56 Å². The molecule has 3 rings (SSSR count). The van der Waals surface area contributed by atoms with Gasteiger partial charge in [-0.05, 0) is 43.2 Å². The SMILES string of the molecule is Cc1cn([C@@H]2OC(CO[Si](C)(C)C(C)(C)C)C3(OS(=O)(=O)N=C3N)[C@H]2O[Si](C)(C)C(C)(C)C)c(=O)n(C)c1=O. The van der Waals surface area contributed by atoms with Crippen LogP contribution in [0.1, 0.15) is 53.3 Å². The van der Waals surface area contributed by atoms with Crippen LogP contribution in [0.15, 0.2) is 20.2 Å². The van der Waals surface area contributed by atoms with Crippen molar-refractivity contribution < 1.29 is 26.2 Å². The average molecular weight is 605 g/mol. The molecule has 1 aromatic rings. The minimum absolute atomic E-state index is 0.0738. The van der Waals surface area contributed by atoms with Crippen LogP contribution < -0.4 is 17.0 Å². The van der Waals surface area contributed by atoms with Crippen LogP contribution in [0.5, 0.6) is 0 Å². The summed E-state index contributed by atoms with van der Waals surface area (Å²) in [6.07, 6.45) is -2.08. The fraction of sp³-hybridized carbons (Fsp3) is 0.792. The highest BCUT2D eigenvalue weighted by Crippen LogP contribution is 2.49. The summed E-state index contributed by atoms with van der Waals surface area (Å²) in [7, 11) is -8.08. The normalized spacial score (nSPS) is 27.8. The Morgan fingerprint density at radius 3 is 2.08 bits per heavy atom. The van der Waals surface area contributed by atoms with Crippen LogP contribution in [0.3, 0.4) is 0 Å². The van der Waals surface area contributed by atoms with Crippen LogP contribution in [0.25, 0.3) is 0 Å². The first-order valence-electron chi connectivity index (χ1n) is 13.0. The molecule has 0 radical (unpaired) electrons. The van der Waals surface area contributed by atoms with Gasteiger partial charge in [0.05, 0.1) is 6.61 Å². The van der Waals surface area contributed by atoms with Crippen LogP contribution in [0, 0.1) is 6.92 Å². The number of nitrogens with two attached hydrogens (primary N) is 1. The topological polar surface area (TPSA) is 153 Å². The molecule has 1 spiro atoms. The van der Waals surface area contributed by atoms with Crippen molar-refractivity contribution in [2.45, 2.75) is 109 Å². The number of nitrogens with zero attached hydrogens (tertiary/aromatic N) is 3. The first-order valence-corrected chi connectivity index (χ1v) is 20.1. The van der Waals surface area contributed by atoms with Gasteiger partial charge in [-0.15, -0.1) is 4.40 Å². The molecule has 1 fully saturated rings. The smallest absolute Gasteiger partial charge is 0.383 e. The van der Waals surface area contributed by atoms with E-state index in [4.69, 9.17) is 23.5 Å². The third kappa shape index (κ3) is 5.50. The molecular weight excluding hydrogens is 561 g/mol. The fourth-order valence-corrected chi connectivity index (χ4v) is 7.45. The molecule has 2 aliphatic rings. The van der Waals surface area contributed by atoms with Gasteiger partial charge in [0.2, 0.25) is 5.60 Å². The second-order valence-corrected chi connectivity index (χ2v) is 24.3. The van der Waals surface area contributed by atoms with Gasteiger partial charge in [0.15, 0.2) is 28.7 Å². The highest BCUT2D eigenvalue weighted by molar-refractivity contribution is 7.86. The molecule has 0 aliphatic carbocycles. The molecule has 4 atom stereocenters. The van der Waals surface area contributed by atoms with Crippen LogP contribution in [0.4, 0.5) is 0 Å². The van der Waals surface area contributed by atoms with E-state index in [1.807, 2.05) is 33.9 Å². The van der Waals surface area contributed by atoms with Crippen LogP contribution in [-0.4, -0.2) is 64.4 Å². The van der Waals surface area contributed by atoms with Crippen molar-refractivity contribution >= 4 is 32.8 Å². The van der Waals surface area contributed by atoms with Gasteiger partial charge in [-0.2, -0.15) is 8.42 Å². The molecule has 2 N–H and O–H groups in total. The van der Waals surface area contributed by atoms with E-state index in [9.17, 15) is 18.0 Å². The van der Waals surface area contributed by atoms with Crippen molar-refractivity contribution in [2.24, 2.45) is 17.2 Å². The van der Waals surface area contributed by atoms with E-state index in [0.29, 0.717) is 5.56 Å². The van der Waals surface area contributed by atoms with Gasteiger partial charge in [-0.1, -0.05) is 41.5 Å². The summed E-state index contributed by atoms with van der Waals surface area (Å²) in [5.41, 5.74) is 3.66. The molecule has 12 nitrogen and oxygen atoms in total. The Balaban J connectivity index is 2.27. The molecule has 222 valence electrons. The van der Waals surface area contributed by atoms with Gasteiger partial charge in [0, 0.05) is 18.8 Å². The minimum atomic E-state index is -4.43. The van der Waals surface area contributed by atoms with Gasteiger partial charge in [-0.3, -0.25) is 13.9 Å². The van der Waals surface area contributed by atoms with Gasteiger partial charge in [-0.25, -0.2) is 8.98 Å². The summed E-state index contributed by atoms with van der Waals surface area (Å²) in [5.74, 6) is -0.327. The van der Waals surface area contributed by atoms with Crippen LogP contribution in [-0.2, 0) is 35.1 Å². The lowest BCUT2D eigenvalue weighted by Crippen LogP contribution is -2.62. The zero-order valence-corrected chi connectivity index (χ0v) is 27.9. The zero-order chi connectivity index (χ0) is 30.1. The molecule has 0 aromatic carbocycles. The lowest BCUT2D eigenvalue weighted by molar-refractivity contribution is -0.0534. The second-order valence-electron chi connectivity index (χ2n) is 13.5. The number of aryl methyl sites for hydroxylation is 1. The number of hydrogen-bond acceptors (Lipinski definition) is 9. The zero-order valence-electron chi connectivity index (χ0n) is 25.1. The predicted octanol–water partition coefficient (Wildman–Crippen LogP) is 2.54. The Morgan fingerprint density at radius 1 is 1.08 bits per heavy atom. The maximum Gasteiger partial charge on any atom is 0.383 e. The Morgan fingerprint density at radius 2 is 1.62 bits per heavy atom. The lowest BCUT2D eigenvalue weighted by atomic mass is 9.91. The van der Waals surface area contributed by atoms with E-state index in [2.05, 4.69) is 38.3 Å². The molecule has 2 unspecified atom stereocenters. The summed E-state index contributed by atoms with van der Waals surface area (Å²) in [4.78, 5) is 25.8. The Labute approximate surface area is 233 Å². The maximum absolute atomic E-state index is 13.4. The lowest BCUT2D eigenvalue weighted by Gasteiger charge is -2.43. The van der Waals surface area contributed by atoms with Gasteiger partial charge < -0.3 is 19.3 Å². The van der Waals surface area contributed by atoms with E-state index in [1.54, 1.807) is 6.92 Å². The van der Waals surface area contributed by atoms with Crippen molar-refractivity contribution in [3.63, 3.8) is 0 Å². The van der Waals surface area contributed by atoms with Gasteiger partial charge >= 0.3 is 16.0 Å². The molecule has 15 heteroatoms. The second kappa shape index (κ2) is 9.74.